The largest absolute Gasteiger partial charge is 0.481 e. The Kier molecular flexibility index (Phi) is 6.06. The van der Waals surface area contributed by atoms with Crippen LogP contribution in [0.25, 0.3) is 22.3 Å². The van der Waals surface area contributed by atoms with Gasteiger partial charge in [0.25, 0.3) is 0 Å². The lowest BCUT2D eigenvalue weighted by molar-refractivity contribution is 0.292. The van der Waals surface area contributed by atoms with E-state index < -0.39 is 5.82 Å². The average Bonchev–Trinajstić information content (AvgIpc) is 2.75. The van der Waals surface area contributed by atoms with E-state index in [9.17, 15) is 9.18 Å². The first kappa shape index (κ1) is 23.1. The first-order chi connectivity index (χ1) is 15.6. The van der Waals surface area contributed by atoms with Crippen molar-refractivity contribution in [2.45, 2.75) is 46.6 Å². The molecular formula is C28H26ClFO3. The number of hydrogen-bond donors (Lipinski definition) is 0. The van der Waals surface area contributed by atoms with Gasteiger partial charge in [-0.3, -0.25) is 4.79 Å². The van der Waals surface area contributed by atoms with Gasteiger partial charge in [-0.2, -0.15) is 0 Å². The molecule has 4 rings (SSSR count). The van der Waals surface area contributed by atoms with Crippen LogP contribution in [0.3, 0.4) is 0 Å². The van der Waals surface area contributed by atoms with Crippen molar-refractivity contribution in [2.24, 2.45) is 0 Å². The Morgan fingerprint density at radius 3 is 2.30 bits per heavy atom. The fraction of sp³-hybridized carbons (Fsp3) is 0.250. The molecule has 0 spiro atoms. The SMILES string of the molecule is Cc1cc2oc(-c3ccc(C(C)(C)C)cc3)c(OCc3c(F)cccc3Cl)c(=O)c2cc1C. The van der Waals surface area contributed by atoms with Gasteiger partial charge in [-0.25, -0.2) is 4.39 Å². The molecule has 0 unspecified atom stereocenters. The second-order valence-electron chi connectivity index (χ2n) is 9.34. The minimum atomic E-state index is -0.491. The highest BCUT2D eigenvalue weighted by atomic mass is 35.5. The van der Waals surface area contributed by atoms with Gasteiger partial charge in [0, 0.05) is 11.1 Å². The minimum absolute atomic E-state index is 0.0156. The fourth-order valence-corrected chi connectivity index (χ4v) is 3.91. The van der Waals surface area contributed by atoms with E-state index >= 15 is 0 Å². The Balaban J connectivity index is 1.88. The van der Waals surface area contributed by atoms with Crippen LogP contribution in [0, 0.1) is 19.7 Å². The van der Waals surface area contributed by atoms with Gasteiger partial charge < -0.3 is 9.15 Å². The van der Waals surface area contributed by atoms with Crippen LogP contribution in [-0.2, 0) is 12.0 Å². The third kappa shape index (κ3) is 4.53. The van der Waals surface area contributed by atoms with Crippen LogP contribution < -0.4 is 10.2 Å². The van der Waals surface area contributed by atoms with Crippen molar-refractivity contribution in [1.82, 2.24) is 0 Å². The molecule has 5 heteroatoms. The number of aryl methyl sites for hydroxylation is 2. The highest BCUT2D eigenvalue weighted by Gasteiger charge is 2.21. The van der Waals surface area contributed by atoms with E-state index in [4.69, 9.17) is 20.8 Å². The van der Waals surface area contributed by atoms with E-state index in [0.717, 1.165) is 16.7 Å². The summed E-state index contributed by atoms with van der Waals surface area (Å²) in [7, 11) is 0. The molecule has 0 atom stereocenters. The minimum Gasteiger partial charge on any atom is -0.481 e. The Morgan fingerprint density at radius 2 is 1.67 bits per heavy atom. The number of benzene rings is 3. The molecule has 0 fully saturated rings. The normalized spacial score (nSPS) is 11.7. The zero-order valence-corrected chi connectivity index (χ0v) is 20.1. The van der Waals surface area contributed by atoms with Crippen molar-refractivity contribution in [3.8, 4) is 17.1 Å². The summed E-state index contributed by atoms with van der Waals surface area (Å²) in [6.45, 7) is 10.1. The molecule has 0 aliphatic heterocycles. The molecule has 0 bridgehead atoms. The third-order valence-corrected chi connectivity index (χ3v) is 6.25. The summed E-state index contributed by atoms with van der Waals surface area (Å²) < 4.78 is 26.5. The standard InChI is InChI=1S/C28H26ClFO3/c1-16-13-20-24(14-17(16)2)33-26(18-9-11-19(12-10-18)28(3,4)5)27(25(20)31)32-15-21-22(29)7-6-8-23(21)30/h6-14H,15H2,1-5H3. The monoisotopic (exact) mass is 464 g/mol. The fourth-order valence-electron chi connectivity index (χ4n) is 3.69. The molecule has 3 nitrogen and oxygen atoms in total. The Morgan fingerprint density at radius 1 is 1.00 bits per heavy atom. The quantitative estimate of drug-likeness (QED) is 0.310. The van der Waals surface area contributed by atoms with Crippen molar-refractivity contribution < 1.29 is 13.5 Å². The maximum Gasteiger partial charge on any atom is 0.235 e. The van der Waals surface area contributed by atoms with Crippen molar-refractivity contribution in [3.05, 3.63) is 97.9 Å². The van der Waals surface area contributed by atoms with Crippen LogP contribution in [-0.4, -0.2) is 0 Å². The van der Waals surface area contributed by atoms with Gasteiger partial charge >= 0.3 is 0 Å². The molecule has 3 aromatic carbocycles. The lowest BCUT2D eigenvalue weighted by Crippen LogP contribution is -2.12. The molecule has 0 radical (unpaired) electrons. The molecule has 0 saturated carbocycles. The smallest absolute Gasteiger partial charge is 0.235 e. The van der Waals surface area contributed by atoms with Crippen LogP contribution in [0.5, 0.6) is 5.75 Å². The Labute approximate surface area is 197 Å². The van der Waals surface area contributed by atoms with E-state index in [0.29, 0.717) is 22.3 Å². The molecule has 33 heavy (non-hydrogen) atoms. The second kappa shape index (κ2) is 8.68. The second-order valence-corrected chi connectivity index (χ2v) is 9.75. The van der Waals surface area contributed by atoms with Crippen LogP contribution in [0.4, 0.5) is 4.39 Å². The number of fused-ring (bicyclic) bond motifs is 1. The highest BCUT2D eigenvalue weighted by molar-refractivity contribution is 6.31. The zero-order chi connectivity index (χ0) is 23.9. The summed E-state index contributed by atoms with van der Waals surface area (Å²) in [4.78, 5) is 13.5. The van der Waals surface area contributed by atoms with Gasteiger partial charge in [0.05, 0.1) is 10.4 Å². The Hall–Kier alpha value is -3.11. The molecule has 1 heterocycles. The molecule has 170 valence electrons. The van der Waals surface area contributed by atoms with E-state index in [-0.39, 0.29) is 33.8 Å². The number of halogens is 2. The molecule has 0 N–H and O–H groups in total. The van der Waals surface area contributed by atoms with Gasteiger partial charge in [0.15, 0.2) is 5.76 Å². The van der Waals surface area contributed by atoms with Gasteiger partial charge in [0.1, 0.15) is 18.0 Å². The van der Waals surface area contributed by atoms with Crippen LogP contribution in [0.2, 0.25) is 5.02 Å². The average molecular weight is 465 g/mol. The zero-order valence-electron chi connectivity index (χ0n) is 19.4. The number of ether oxygens (including phenoxy) is 1. The highest BCUT2D eigenvalue weighted by Crippen LogP contribution is 2.34. The van der Waals surface area contributed by atoms with Crippen molar-refractivity contribution in [2.75, 3.05) is 0 Å². The summed E-state index contributed by atoms with van der Waals surface area (Å²) >= 11 is 6.16. The first-order valence-corrected chi connectivity index (χ1v) is 11.2. The van der Waals surface area contributed by atoms with Crippen LogP contribution >= 0.6 is 11.6 Å². The summed E-state index contributed by atoms with van der Waals surface area (Å²) in [6.07, 6.45) is 0. The van der Waals surface area contributed by atoms with E-state index in [1.165, 1.54) is 12.1 Å². The van der Waals surface area contributed by atoms with Gasteiger partial charge in [-0.05, 0) is 60.2 Å². The number of hydrogen-bond acceptors (Lipinski definition) is 3. The number of rotatable bonds is 4. The predicted molar refractivity (Wildman–Crippen MR) is 132 cm³/mol. The van der Waals surface area contributed by atoms with Gasteiger partial charge in [-0.1, -0.05) is 62.7 Å². The first-order valence-electron chi connectivity index (χ1n) is 10.8. The van der Waals surface area contributed by atoms with Crippen LogP contribution in [0.15, 0.2) is 63.8 Å². The van der Waals surface area contributed by atoms with Crippen molar-refractivity contribution in [3.63, 3.8) is 0 Å². The maximum atomic E-state index is 14.3. The molecular weight excluding hydrogens is 439 g/mol. The maximum absolute atomic E-state index is 14.3. The summed E-state index contributed by atoms with van der Waals surface area (Å²) in [6, 6.07) is 15.9. The van der Waals surface area contributed by atoms with E-state index in [1.54, 1.807) is 12.1 Å². The lowest BCUT2D eigenvalue weighted by Gasteiger charge is -2.19. The Bertz CT molecular complexity index is 1380. The molecule has 1 aromatic heterocycles. The molecule has 0 amide bonds. The molecule has 0 aliphatic rings. The van der Waals surface area contributed by atoms with Crippen LogP contribution in [0.1, 0.15) is 43.0 Å². The lowest BCUT2D eigenvalue weighted by atomic mass is 9.86. The van der Waals surface area contributed by atoms with E-state index in [1.807, 2.05) is 44.2 Å². The van der Waals surface area contributed by atoms with E-state index in [2.05, 4.69) is 20.8 Å². The summed E-state index contributed by atoms with van der Waals surface area (Å²) in [5.41, 5.74) is 4.20. The van der Waals surface area contributed by atoms with Gasteiger partial charge in [0.2, 0.25) is 11.2 Å². The third-order valence-electron chi connectivity index (χ3n) is 5.90. The molecule has 0 aliphatic carbocycles. The summed E-state index contributed by atoms with van der Waals surface area (Å²) in [5, 5.41) is 0.658. The molecule has 4 aromatic rings. The topological polar surface area (TPSA) is 39.4 Å². The predicted octanol–water partition coefficient (Wildman–Crippen LogP) is 7.75. The molecule has 0 saturated heterocycles. The van der Waals surface area contributed by atoms with Gasteiger partial charge in [-0.15, -0.1) is 0 Å². The van der Waals surface area contributed by atoms with Crippen molar-refractivity contribution >= 4 is 22.6 Å². The summed E-state index contributed by atoms with van der Waals surface area (Å²) in [5.74, 6) is -0.146. The van der Waals surface area contributed by atoms with Crippen molar-refractivity contribution in [1.29, 1.82) is 0 Å².